The van der Waals surface area contributed by atoms with Crippen LogP contribution in [0.25, 0.3) is 11.6 Å². The number of aliphatic hydroxyl groups is 2. The van der Waals surface area contributed by atoms with Gasteiger partial charge in [-0.2, -0.15) is 0 Å². The summed E-state index contributed by atoms with van der Waals surface area (Å²) in [7, 11) is 3.01. The number of phenolic OH excluding ortho intramolecular Hbond substituents is 1. The van der Waals surface area contributed by atoms with Crippen LogP contribution in [0.5, 0.6) is 11.5 Å². The van der Waals surface area contributed by atoms with Gasteiger partial charge in [-0.1, -0.05) is 55.8 Å². The van der Waals surface area contributed by atoms with Crippen LogP contribution < -0.4 is 4.74 Å². The van der Waals surface area contributed by atoms with Crippen LogP contribution in [0.1, 0.15) is 44.2 Å². The van der Waals surface area contributed by atoms with Crippen LogP contribution >= 0.6 is 22.6 Å². The highest BCUT2D eigenvalue weighted by Crippen LogP contribution is 2.47. The van der Waals surface area contributed by atoms with E-state index in [1.54, 1.807) is 6.07 Å². The quantitative estimate of drug-likeness (QED) is 0.155. The molecule has 0 spiro atoms. The third-order valence-corrected chi connectivity index (χ3v) is 8.86. The van der Waals surface area contributed by atoms with Crippen LogP contribution in [0.4, 0.5) is 0 Å². The molecule has 2 aromatic carbocycles. The molecular weight excluding hydrogens is 609 g/mol. The Bertz CT molecular complexity index is 1300. The summed E-state index contributed by atoms with van der Waals surface area (Å²) in [5, 5.41) is 32.3. The van der Waals surface area contributed by atoms with E-state index in [2.05, 4.69) is 22.6 Å². The number of halogens is 1. The van der Waals surface area contributed by atoms with Gasteiger partial charge in [0, 0.05) is 13.0 Å². The number of aliphatic hydroxyl groups excluding tert-OH is 2. The molecule has 1 fully saturated rings. The minimum absolute atomic E-state index is 0.0640. The first-order valence-corrected chi connectivity index (χ1v) is 14.3. The van der Waals surface area contributed by atoms with Crippen LogP contribution in [-0.2, 0) is 9.59 Å². The molecule has 0 aromatic heterocycles. The molecular formula is C31H36INO6. The number of ether oxygens (including phenoxy) is 1. The van der Waals surface area contributed by atoms with Crippen molar-refractivity contribution in [2.24, 2.45) is 23.7 Å². The lowest BCUT2D eigenvalue weighted by molar-refractivity contribution is -0.138. The van der Waals surface area contributed by atoms with Crippen molar-refractivity contribution in [3.05, 3.63) is 68.3 Å². The van der Waals surface area contributed by atoms with Crippen molar-refractivity contribution >= 4 is 46.1 Å². The van der Waals surface area contributed by atoms with E-state index in [9.17, 15) is 24.9 Å². The number of allylic oxidation sites excluding steroid dienone is 2. The van der Waals surface area contributed by atoms with E-state index < -0.39 is 23.9 Å². The maximum Gasteiger partial charge on any atom is 0.233 e. The van der Waals surface area contributed by atoms with Crippen molar-refractivity contribution in [3.8, 4) is 11.5 Å². The molecule has 2 amide bonds. The molecule has 4 rings (SSSR count). The molecule has 1 saturated heterocycles. The van der Waals surface area contributed by atoms with Crippen molar-refractivity contribution in [2.45, 2.75) is 39.2 Å². The molecule has 0 unspecified atom stereocenters. The summed E-state index contributed by atoms with van der Waals surface area (Å²) in [6, 6.07) is 13.5. The Kier molecular flexibility index (Phi) is 9.18. The molecule has 208 valence electrons. The number of methoxy groups -OCH3 is 1. The number of nitrogens with zero attached hydrogens (tertiary/aromatic N) is 1. The van der Waals surface area contributed by atoms with Gasteiger partial charge in [-0.05, 0) is 82.2 Å². The van der Waals surface area contributed by atoms with Crippen molar-refractivity contribution < 1.29 is 29.6 Å². The van der Waals surface area contributed by atoms with Crippen molar-refractivity contribution in [3.63, 3.8) is 0 Å². The predicted molar refractivity (Wildman–Crippen MR) is 159 cm³/mol. The van der Waals surface area contributed by atoms with Crippen LogP contribution in [0.15, 0.2) is 53.6 Å². The largest absolute Gasteiger partial charge is 0.504 e. The number of carbonyl (C=O) groups excluding carboxylic acids is 2. The van der Waals surface area contributed by atoms with E-state index in [1.807, 2.05) is 56.3 Å². The SMILES string of the molecule is COc1cc(/C=C(/CC[C@@H](O)C2=C(C(C)C)C[C@H]3C(=O)N(C)C(=O)[C@H]3[C@H]2CO)c2ccccc2)cc(I)c1O. The van der Waals surface area contributed by atoms with E-state index in [4.69, 9.17) is 4.74 Å². The number of fused-ring (bicyclic) bond motifs is 1. The molecule has 1 aliphatic heterocycles. The highest BCUT2D eigenvalue weighted by atomic mass is 127. The first-order valence-electron chi connectivity index (χ1n) is 13.2. The van der Waals surface area contributed by atoms with Crippen LogP contribution in [0.2, 0.25) is 0 Å². The third-order valence-electron chi connectivity index (χ3n) is 8.04. The smallest absolute Gasteiger partial charge is 0.233 e. The minimum atomic E-state index is -0.879. The number of carbonyl (C=O) groups is 2. The summed E-state index contributed by atoms with van der Waals surface area (Å²) >= 11 is 2.07. The van der Waals surface area contributed by atoms with Crippen LogP contribution in [0.3, 0.4) is 0 Å². The van der Waals surface area contributed by atoms with Gasteiger partial charge in [0.1, 0.15) is 0 Å². The second-order valence-corrected chi connectivity index (χ2v) is 11.8. The molecule has 4 atom stereocenters. The van der Waals surface area contributed by atoms with Crippen molar-refractivity contribution in [2.75, 3.05) is 20.8 Å². The zero-order valence-electron chi connectivity index (χ0n) is 22.7. The molecule has 0 saturated carbocycles. The molecule has 8 heteroatoms. The zero-order chi connectivity index (χ0) is 28.4. The van der Waals surface area contributed by atoms with E-state index in [1.165, 1.54) is 19.1 Å². The van der Waals surface area contributed by atoms with Gasteiger partial charge in [0.15, 0.2) is 11.5 Å². The lowest BCUT2D eigenvalue weighted by atomic mass is 9.66. The molecule has 3 N–H and O–H groups in total. The van der Waals surface area contributed by atoms with Gasteiger partial charge >= 0.3 is 0 Å². The monoisotopic (exact) mass is 645 g/mol. The first-order chi connectivity index (χ1) is 18.6. The van der Waals surface area contributed by atoms with E-state index in [0.717, 1.165) is 22.3 Å². The number of rotatable bonds is 9. The zero-order valence-corrected chi connectivity index (χ0v) is 24.9. The summed E-state index contributed by atoms with van der Waals surface area (Å²) in [5.74, 6) is -1.67. The fourth-order valence-electron chi connectivity index (χ4n) is 6.04. The van der Waals surface area contributed by atoms with Crippen molar-refractivity contribution in [1.29, 1.82) is 0 Å². The van der Waals surface area contributed by atoms with Gasteiger partial charge in [0.2, 0.25) is 11.8 Å². The Morgan fingerprint density at radius 1 is 1.18 bits per heavy atom. The van der Waals surface area contributed by atoms with Crippen LogP contribution in [0, 0.1) is 27.2 Å². The number of aromatic hydroxyl groups is 1. The number of hydrogen-bond acceptors (Lipinski definition) is 6. The average molecular weight is 646 g/mol. The first kappa shape index (κ1) is 29.3. The topological polar surface area (TPSA) is 107 Å². The fourth-order valence-corrected chi connectivity index (χ4v) is 6.66. The van der Waals surface area contributed by atoms with E-state index >= 15 is 0 Å². The molecule has 7 nitrogen and oxygen atoms in total. The Balaban J connectivity index is 1.68. The summed E-state index contributed by atoms with van der Waals surface area (Å²) in [6.45, 7) is 3.75. The number of phenols is 1. The summed E-state index contributed by atoms with van der Waals surface area (Å²) in [4.78, 5) is 26.9. The minimum Gasteiger partial charge on any atom is -0.504 e. The van der Waals surface area contributed by atoms with Gasteiger partial charge in [0.25, 0.3) is 0 Å². The second kappa shape index (κ2) is 12.2. The standard InChI is InChI=1S/C31H36INO6/c1-17(2)21-15-22-28(31(38)33(3)30(22)37)23(16-34)27(21)25(35)11-10-20(19-8-6-5-7-9-19)12-18-13-24(32)29(36)26(14-18)39-4/h5-9,12-14,17,22-23,25,28,34-36H,10-11,15-16H2,1-4H3/b20-12-/t22-,23+,25-,28-/m1/s1. The third kappa shape index (κ3) is 5.78. The predicted octanol–water partition coefficient (Wildman–Crippen LogP) is 4.88. The maximum atomic E-state index is 13.0. The summed E-state index contributed by atoms with van der Waals surface area (Å²) < 4.78 is 6.01. The van der Waals surface area contributed by atoms with Gasteiger partial charge in [0.05, 0.1) is 35.2 Å². The lowest BCUT2D eigenvalue weighted by Gasteiger charge is -2.38. The molecule has 39 heavy (non-hydrogen) atoms. The number of amides is 2. The Morgan fingerprint density at radius 2 is 1.87 bits per heavy atom. The molecule has 1 aliphatic carbocycles. The van der Waals surface area contributed by atoms with E-state index in [-0.39, 0.29) is 30.1 Å². The molecule has 2 aromatic rings. The molecule has 1 heterocycles. The lowest BCUT2D eigenvalue weighted by Crippen LogP contribution is -2.39. The molecule has 0 radical (unpaired) electrons. The Hall–Kier alpha value is -2.69. The second-order valence-electron chi connectivity index (χ2n) is 10.6. The number of imide groups is 1. The number of hydrogen-bond donors (Lipinski definition) is 3. The molecule has 2 aliphatic rings. The van der Waals surface area contributed by atoms with Crippen LogP contribution in [-0.4, -0.2) is 58.9 Å². The number of likely N-dealkylation sites (tertiary alicyclic amines) is 1. The van der Waals surface area contributed by atoms with Gasteiger partial charge in [-0.15, -0.1) is 0 Å². The Morgan fingerprint density at radius 3 is 2.49 bits per heavy atom. The normalized spacial score (nSPS) is 22.5. The van der Waals surface area contributed by atoms with Gasteiger partial charge < -0.3 is 20.1 Å². The average Bonchev–Trinajstić information content (AvgIpc) is 3.15. The van der Waals surface area contributed by atoms with Gasteiger partial charge in [-0.25, -0.2) is 0 Å². The summed E-state index contributed by atoms with van der Waals surface area (Å²) in [5.41, 5.74) is 4.52. The highest BCUT2D eigenvalue weighted by Gasteiger charge is 2.53. The molecule has 0 bridgehead atoms. The Labute approximate surface area is 243 Å². The maximum absolute atomic E-state index is 13.0. The highest BCUT2D eigenvalue weighted by molar-refractivity contribution is 14.1. The number of benzene rings is 2. The fraction of sp³-hybridized carbons (Fsp3) is 0.419. The summed E-state index contributed by atoms with van der Waals surface area (Å²) in [6.07, 6.45) is 2.48. The van der Waals surface area contributed by atoms with Crippen molar-refractivity contribution in [1.82, 2.24) is 4.90 Å². The van der Waals surface area contributed by atoms with E-state index in [0.29, 0.717) is 34.2 Å². The van der Waals surface area contributed by atoms with Gasteiger partial charge in [-0.3, -0.25) is 14.5 Å².